The summed E-state index contributed by atoms with van der Waals surface area (Å²) in [6.07, 6.45) is 1.08. The smallest absolute Gasteiger partial charge is 0.191 e. The van der Waals surface area contributed by atoms with Crippen molar-refractivity contribution in [1.29, 1.82) is 0 Å². The van der Waals surface area contributed by atoms with E-state index in [0.717, 1.165) is 38.3 Å². The van der Waals surface area contributed by atoms with Gasteiger partial charge >= 0.3 is 0 Å². The maximum atomic E-state index is 5.86. The van der Waals surface area contributed by atoms with Crippen LogP contribution >= 0.6 is 0 Å². The second-order valence-corrected chi connectivity index (χ2v) is 4.50. The van der Waals surface area contributed by atoms with Crippen LogP contribution < -0.4 is 16.4 Å². The lowest BCUT2D eigenvalue weighted by molar-refractivity contribution is 0.442. The van der Waals surface area contributed by atoms with Crippen molar-refractivity contribution in [2.24, 2.45) is 10.7 Å². The molecule has 0 unspecified atom stereocenters. The van der Waals surface area contributed by atoms with Crippen LogP contribution in [0.5, 0.6) is 0 Å². The van der Waals surface area contributed by atoms with Crippen molar-refractivity contribution < 1.29 is 0 Å². The fourth-order valence-electron chi connectivity index (χ4n) is 2.23. The largest absolute Gasteiger partial charge is 0.399 e. The summed E-state index contributed by atoms with van der Waals surface area (Å²) in [7, 11) is 1.73. The summed E-state index contributed by atoms with van der Waals surface area (Å²) in [5.74, 6) is 0.633. The van der Waals surface area contributed by atoms with Crippen LogP contribution in [0.4, 0.5) is 11.4 Å². The van der Waals surface area contributed by atoms with E-state index in [1.165, 1.54) is 5.69 Å². The number of rotatable bonds is 1. The van der Waals surface area contributed by atoms with Gasteiger partial charge in [-0.15, -0.1) is 0 Å². The zero-order valence-corrected chi connectivity index (χ0v) is 10.8. The normalized spacial score (nSPS) is 17.7. The van der Waals surface area contributed by atoms with Gasteiger partial charge in [0.1, 0.15) is 0 Å². The third-order valence-electron chi connectivity index (χ3n) is 3.31. The highest BCUT2D eigenvalue weighted by atomic mass is 15.3. The van der Waals surface area contributed by atoms with Crippen LogP contribution in [0.25, 0.3) is 0 Å². The second-order valence-electron chi connectivity index (χ2n) is 4.50. The molecule has 1 aromatic rings. The molecule has 0 amide bonds. The van der Waals surface area contributed by atoms with Crippen molar-refractivity contribution in [3.8, 4) is 0 Å². The average Bonchev–Trinajstić information content (AvgIpc) is 2.64. The molecular formula is C13H21N5. The molecule has 0 spiro atoms. The summed E-state index contributed by atoms with van der Waals surface area (Å²) < 4.78 is 0. The van der Waals surface area contributed by atoms with Crippen LogP contribution in [0, 0.1) is 0 Å². The zero-order chi connectivity index (χ0) is 13.0. The van der Waals surface area contributed by atoms with Gasteiger partial charge in [0.2, 0.25) is 0 Å². The highest BCUT2D eigenvalue weighted by Crippen LogP contribution is 2.18. The van der Waals surface area contributed by atoms with E-state index in [0.29, 0.717) is 5.96 Å². The lowest BCUT2D eigenvalue weighted by Gasteiger charge is -2.24. The summed E-state index contributed by atoms with van der Waals surface area (Å²) in [4.78, 5) is 8.55. The summed E-state index contributed by atoms with van der Waals surface area (Å²) in [6.45, 7) is 3.87. The number of hydrogen-bond acceptors (Lipinski definition) is 3. The first-order valence-electron chi connectivity index (χ1n) is 6.28. The maximum absolute atomic E-state index is 5.86. The third-order valence-corrected chi connectivity index (χ3v) is 3.31. The van der Waals surface area contributed by atoms with Crippen LogP contribution in [0.3, 0.4) is 0 Å². The number of nitrogens with zero attached hydrogens (tertiary/aromatic N) is 3. The molecule has 1 aliphatic rings. The van der Waals surface area contributed by atoms with Crippen molar-refractivity contribution in [3.63, 3.8) is 0 Å². The third kappa shape index (κ3) is 2.85. The Balaban J connectivity index is 2.03. The monoisotopic (exact) mass is 247 g/mol. The van der Waals surface area contributed by atoms with E-state index in [1.54, 1.807) is 7.05 Å². The minimum absolute atomic E-state index is 0.633. The van der Waals surface area contributed by atoms with Crippen LogP contribution in [0.15, 0.2) is 29.3 Å². The molecule has 1 fully saturated rings. The molecule has 0 saturated carbocycles. The van der Waals surface area contributed by atoms with Gasteiger partial charge in [-0.3, -0.25) is 4.99 Å². The fourth-order valence-corrected chi connectivity index (χ4v) is 2.23. The molecule has 5 nitrogen and oxygen atoms in total. The van der Waals surface area contributed by atoms with E-state index in [1.807, 2.05) is 12.1 Å². The minimum atomic E-state index is 0.633. The average molecular weight is 247 g/mol. The highest BCUT2D eigenvalue weighted by Gasteiger charge is 2.15. The molecule has 0 aromatic heterocycles. The molecule has 0 aliphatic carbocycles. The summed E-state index contributed by atoms with van der Waals surface area (Å²) in [5, 5.41) is 0. The number of benzene rings is 1. The van der Waals surface area contributed by atoms with Gasteiger partial charge < -0.3 is 21.3 Å². The predicted octanol–water partition coefficient (Wildman–Crippen LogP) is 0.725. The van der Waals surface area contributed by atoms with Crippen LogP contribution in [0.2, 0.25) is 0 Å². The molecule has 4 N–H and O–H groups in total. The van der Waals surface area contributed by atoms with Gasteiger partial charge in [-0.25, -0.2) is 0 Å². The first kappa shape index (κ1) is 12.5. The molecule has 0 bridgehead atoms. The standard InChI is InChI=1S/C13H21N5/c1-16-13(15)18-8-2-7-17(9-10-18)12-5-3-11(14)4-6-12/h3-6H,2,7-10,14H2,1H3,(H2,15,16). The summed E-state index contributed by atoms with van der Waals surface area (Å²) >= 11 is 0. The lowest BCUT2D eigenvalue weighted by atomic mass is 10.2. The zero-order valence-electron chi connectivity index (χ0n) is 10.8. The number of aliphatic imine (C=N–C) groups is 1. The van der Waals surface area contributed by atoms with Crippen LogP contribution in [-0.2, 0) is 0 Å². The number of guanidine groups is 1. The van der Waals surface area contributed by atoms with E-state index < -0.39 is 0 Å². The molecule has 18 heavy (non-hydrogen) atoms. The maximum Gasteiger partial charge on any atom is 0.191 e. The second kappa shape index (κ2) is 5.62. The van der Waals surface area contributed by atoms with Gasteiger partial charge in [-0.2, -0.15) is 0 Å². The number of hydrogen-bond donors (Lipinski definition) is 2. The van der Waals surface area contributed by atoms with Gasteiger partial charge in [0.25, 0.3) is 0 Å². The van der Waals surface area contributed by atoms with Gasteiger partial charge in [0, 0.05) is 44.6 Å². The van der Waals surface area contributed by atoms with Gasteiger partial charge in [-0.05, 0) is 30.7 Å². The van der Waals surface area contributed by atoms with Crippen molar-refractivity contribution in [2.75, 3.05) is 43.9 Å². The first-order valence-corrected chi connectivity index (χ1v) is 6.28. The Morgan fingerprint density at radius 3 is 2.50 bits per heavy atom. The summed E-state index contributed by atoms with van der Waals surface area (Å²) in [5.41, 5.74) is 13.6. The van der Waals surface area contributed by atoms with E-state index in [-0.39, 0.29) is 0 Å². The molecule has 0 radical (unpaired) electrons. The Morgan fingerprint density at radius 2 is 1.83 bits per heavy atom. The van der Waals surface area contributed by atoms with E-state index in [2.05, 4.69) is 26.9 Å². The molecule has 0 atom stereocenters. The van der Waals surface area contributed by atoms with Crippen molar-refractivity contribution >= 4 is 17.3 Å². The van der Waals surface area contributed by atoms with Gasteiger partial charge in [-0.1, -0.05) is 0 Å². The lowest BCUT2D eigenvalue weighted by Crippen LogP contribution is -2.39. The fraction of sp³-hybridized carbons (Fsp3) is 0.462. The topological polar surface area (TPSA) is 70.9 Å². The summed E-state index contributed by atoms with van der Waals surface area (Å²) in [6, 6.07) is 8.03. The van der Waals surface area contributed by atoms with E-state index in [4.69, 9.17) is 11.5 Å². The Labute approximate surface area is 108 Å². The molecule has 2 rings (SSSR count). The molecular weight excluding hydrogens is 226 g/mol. The Kier molecular flexibility index (Phi) is 3.92. The van der Waals surface area contributed by atoms with E-state index >= 15 is 0 Å². The van der Waals surface area contributed by atoms with Crippen molar-refractivity contribution in [1.82, 2.24) is 4.90 Å². The SMILES string of the molecule is CN=C(N)N1CCCN(c2ccc(N)cc2)CC1. The van der Waals surface area contributed by atoms with E-state index in [9.17, 15) is 0 Å². The molecule has 1 saturated heterocycles. The number of nitrogen functional groups attached to an aromatic ring is 1. The van der Waals surface area contributed by atoms with Crippen molar-refractivity contribution in [2.45, 2.75) is 6.42 Å². The van der Waals surface area contributed by atoms with Crippen LogP contribution in [-0.4, -0.2) is 44.1 Å². The van der Waals surface area contributed by atoms with Crippen molar-refractivity contribution in [3.05, 3.63) is 24.3 Å². The molecule has 5 heteroatoms. The Hall–Kier alpha value is -1.91. The van der Waals surface area contributed by atoms with Gasteiger partial charge in [0.15, 0.2) is 5.96 Å². The minimum Gasteiger partial charge on any atom is -0.399 e. The molecule has 1 aliphatic heterocycles. The molecule has 1 aromatic carbocycles. The number of anilines is 2. The Morgan fingerprint density at radius 1 is 1.11 bits per heavy atom. The number of nitrogens with two attached hydrogens (primary N) is 2. The Bertz CT molecular complexity index is 412. The molecule has 98 valence electrons. The quantitative estimate of drug-likeness (QED) is 0.436. The highest BCUT2D eigenvalue weighted by molar-refractivity contribution is 5.78. The van der Waals surface area contributed by atoms with Crippen LogP contribution in [0.1, 0.15) is 6.42 Å². The predicted molar refractivity (Wildman–Crippen MR) is 76.8 cm³/mol. The van der Waals surface area contributed by atoms with Gasteiger partial charge in [0.05, 0.1) is 0 Å². The first-order chi connectivity index (χ1) is 8.70. The molecule has 1 heterocycles.